The summed E-state index contributed by atoms with van der Waals surface area (Å²) in [6, 6.07) is 5.17. The molecule has 22 heavy (non-hydrogen) atoms. The lowest BCUT2D eigenvalue weighted by Crippen LogP contribution is -2.34. The first-order chi connectivity index (χ1) is 10.5. The maximum atomic E-state index is 12.6. The minimum Gasteiger partial charge on any atom is -0.394 e. The highest BCUT2D eigenvalue weighted by Crippen LogP contribution is 2.33. The van der Waals surface area contributed by atoms with Crippen molar-refractivity contribution in [2.45, 2.75) is 43.5 Å². The zero-order chi connectivity index (χ0) is 16.2. The Balaban J connectivity index is 2.35. The second-order valence-corrected chi connectivity index (χ2v) is 8.19. The Labute approximate surface area is 140 Å². The molecule has 0 radical (unpaired) electrons. The average molecular weight is 391 g/mol. The predicted molar refractivity (Wildman–Crippen MR) is 91.7 cm³/mol. The zero-order valence-electron chi connectivity index (χ0n) is 12.8. The number of nitrogens with zero attached hydrogens (tertiary/aromatic N) is 1. The number of rotatable bonds is 7. The smallest absolute Gasteiger partial charge is 0.242 e. The molecule has 1 aliphatic heterocycles. The van der Waals surface area contributed by atoms with Gasteiger partial charge in [0.15, 0.2) is 0 Å². The van der Waals surface area contributed by atoms with E-state index in [1.54, 1.807) is 12.1 Å². The summed E-state index contributed by atoms with van der Waals surface area (Å²) in [6.07, 6.45) is 3.59. The molecule has 0 spiro atoms. The third-order valence-corrected chi connectivity index (χ3v) is 5.93. The van der Waals surface area contributed by atoms with Crippen LogP contribution in [0.25, 0.3) is 0 Å². The Hall–Kier alpha value is -0.630. The second-order valence-electron chi connectivity index (χ2n) is 5.54. The summed E-state index contributed by atoms with van der Waals surface area (Å²) in [4.78, 5) is 2.28. The molecule has 0 saturated carbocycles. The van der Waals surface area contributed by atoms with Gasteiger partial charge >= 0.3 is 0 Å². The Kier molecular flexibility index (Phi) is 6.26. The molecule has 1 atom stereocenters. The Morgan fingerprint density at radius 3 is 2.91 bits per heavy atom. The highest BCUT2D eigenvalue weighted by molar-refractivity contribution is 9.10. The van der Waals surface area contributed by atoms with Gasteiger partial charge in [0.1, 0.15) is 4.90 Å². The molecule has 5 nitrogen and oxygen atoms in total. The first-order valence-electron chi connectivity index (χ1n) is 7.66. The Bertz CT molecular complexity index is 607. The van der Waals surface area contributed by atoms with E-state index < -0.39 is 10.0 Å². The van der Waals surface area contributed by atoms with E-state index in [0.29, 0.717) is 12.2 Å². The molecule has 0 aromatic heterocycles. The lowest BCUT2D eigenvalue weighted by molar-refractivity contribution is 0.266. The van der Waals surface area contributed by atoms with Gasteiger partial charge < -0.3 is 10.0 Å². The van der Waals surface area contributed by atoms with Gasteiger partial charge in [-0.3, -0.25) is 0 Å². The van der Waals surface area contributed by atoms with Gasteiger partial charge in [-0.05, 0) is 37.5 Å². The zero-order valence-corrected chi connectivity index (χ0v) is 15.2. The van der Waals surface area contributed by atoms with Crippen molar-refractivity contribution in [3.63, 3.8) is 0 Å². The standard InChI is InChI=1S/C15H23BrN2O3S/c1-2-3-8-17-22(20,21)15-7-6-12(16)10-14(15)18-9-4-5-13(18)11-19/h6-7,10,13,17,19H,2-5,8-9,11H2,1H3/t13-/m0/s1. The fourth-order valence-electron chi connectivity index (χ4n) is 2.75. The molecule has 1 heterocycles. The predicted octanol–water partition coefficient (Wildman–Crippen LogP) is 2.49. The Morgan fingerprint density at radius 2 is 2.23 bits per heavy atom. The highest BCUT2D eigenvalue weighted by Gasteiger charge is 2.29. The third-order valence-electron chi connectivity index (χ3n) is 3.93. The number of aliphatic hydroxyl groups excluding tert-OH is 1. The molecule has 1 aliphatic rings. The number of hydrogen-bond acceptors (Lipinski definition) is 4. The summed E-state index contributed by atoms with van der Waals surface area (Å²) in [6.45, 7) is 3.27. The second kappa shape index (κ2) is 7.77. The lowest BCUT2D eigenvalue weighted by Gasteiger charge is -2.27. The van der Waals surface area contributed by atoms with Crippen LogP contribution in [0.2, 0.25) is 0 Å². The molecule has 0 bridgehead atoms. The third kappa shape index (κ3) is 4.01. The van der Waals surface area contributed by atoms with Crippen molar-refractivity contribution in [1.29, 1.82) is 0 Å². The molecule has 1 saturated heterocycles. The van der Waals surface area contributed by atoms with E-state index in [1.165, 1.54) is 0 Å². The monoisotopic (exact) mass is 390 g/mol. The minimum atomic E-state index is -3.54. The van der Waals surface area contributed by atoms with E-state index in [2.05, 4.69) is 20.7 Å². The SMILES string of the molecule is CCCCNS(=O)(=O)c1ccc(Br)cc1N1CCC[C@H]1CO. The summed E-state index contributed by atoms with van der Waals surface area (Å²) in [5.74, 6) is 0. The van der Waals surface area contributed by atoms with Crippen molar-refractivity contribution in [3.05, 3.63) is 22.7 Å². The topological polar surface area (TPSA) is 69.6 Å². The van der Waals surface area contributed by atoms with Crippen molar-refractivity contribution in [2.24, 2.45) is 0 Å². The molecule has 1 aromatic carbocycles. The molecule has 1 aromatic rings. The van der Waals surface area contributed by atoms with Crippen LogP contribution < -0.4 is 9.62 Å². The normalized spacial score (nSPS) is 18.9. The summed E-state index contributed by atoms with van der Waals surface area (Å²) in [5, 5.41) is 9.52. The summed E-state index contributed by atoms with van der Waals surface area (Å²) < 4.78 is 28.6. The summed E-state index contributed by atoms with van der Waals surface area (Å²) in [7, 11) is -3.54. The molecule has 2 rings (SSSR count). The number of hydrogen-bond donors (Lipinski definition) is 2. The van der Waals surface area contributed by atoms with Gasteiger partial charge in [0.25, 0.3) is 0 Å². The number of sulfonamides is 1. The van der Waals surface area contributed by atoms with Crippen molar-refractivity contribution in [3.8, 4) is 0 Å². The maximum Gasteiger partial charge on any atom is 0.242 e. The first-order valence-corrected chi connectivity index (χ1v) is 9.94. The van der Waals surface area contributed by atoms with Crippen LogP contribution in [0, 0.1) is 0 Å². The molecule has 0 unspecified atom stereocenters. The first kappa shape index (κ1) is 17.7. The largest absolute Gasteiger partial charge is 0.394 e. The Morgan fingerprint density at radius 1 is 1.45 bits per heavy atom. The molecule has 7 heteroatoms. The van der Waals surface area contributed by atoms with Gasteiger partial charge in [0, 0.05) is 17.6 Å². The van der Waals surface area contributed by atoms with Crippen LogP contribution in [-0.4, -0.2) is 39.3 Å². The number of nitrogens with one attached hydrogen (secondary N) is 1. The number of benzene rings is 1. The molecule has 0 amide bonds. The quantitative estimate of drug-likeness (QED) is 0.701. The fraction of sp³-hybridized carbons (Fsp3) is 0.600. The van der Waals surface area contributed by atoms with Crippen molar-refractivity contribution < 1.29 is 13.5 Å². The molecule has 0 aliphatic carbocycles. The summed E-state index contributed by atoms with van der Waals surface area (Å²) in [5.41, 5.74) is 0.662. The van der Waals surface area contributed by atoms with Gasteiger partial charge in [-0.25, -0.2) is 13.1 Å². The average Bonchev–Trinajstić information content (AvgIpc) is 2.95. The molecular formula is C15H23BrN2O3S. The van der Waals surface area contributed by atoms with Crippen LogP contribution in [0.4, 0.5) is 5.69 Å². The van der Waals surface area contributed by atoms with Crippen molar-refractivity contribution in [2.75, 3.05) is 24.6 Å². The fourth-order valence-corrected chi connectivity index (χ4v) is 4.36. The molecule has 2 N–H and O–H groups in total. The summed E-state index contributed by atoms with van der Waals surface area (Å²) >= 11 is 3.41. The van der Waals surface area contributed by atoms with Gasteiger partial charge in [0.2, 0.25) is 10.0 Å². The van der Waals surface area contributed by atoms with Crippen LogP contribution in [0.5, 0.6) is 0 Å². The number of anilines is 1. The van der Waals surface area contributed by atoms with Crippen LogP contribution >= 0.6 is 15.9 Å². The van der Waals surface area contributed by atoms with Crippen molar-refractivity contribution >= 4 is 31.6 Å². The van der Waals surface area contributed by atoms with E-state index in [9.17, 15) is 13.5 Å². The van der Waals surface area contributed by atoms with Crippen LogP contribution in [0.1, 0.15) is 32.6 Å². The van der Waals surface area contributed by atoms with Gasteiger partial charge in [-0.15, -0.1) is 0 Å². The van der Waals surface area contributed by atoms with Gasteiger partial charge in [-0.1, -0.05) is 29.3 Å². The van der Waals surface area contributed by atoms with E-state index in [4.69, 9.17) is 0 Å². The lowest BCUT2D eigenvalue weighted by atomic mass is 10.2. The molecule has 1 fully saturated rings. The van der Waals surface area contributed by atoms with Crippen LogP contribution in [-0.2, 0) is 10.0 Å². The number of halogens is 1. The van der Waals surface area contributed by atoms with E-state index in [-0.39, 0.29) is 17.5 Å². The number of unbranched alkanes of at least 4 members (excludes halogenated alkanes) is 1. The van der Waals surface area contributed by atoms with Crippen LogP contribution in [0.15, 0.2) is 27.6 Å². The van der Waals surface area contributed by atoms with Gasteiger partial charge in [0.05, 0.1) is 18.3 Å². The minimum absolute atomic E-state index is 0.0149. The van der Waals surface area contributed by atoms with Crippen LogP contribution in [0.3, 0.4) is 0 Å². The van der Waals surface area contributed by atoms with Gasteiger partial charge in [-0.2, -0.15) is 0 Å². The van der Waals surface area contributed by atoms with E-state index >= 15 is 0 Å². The molecular weight excluding hydrogens is 368 g/mol. The molecule has 124 valence electrons. The highest BCUT2D eigenvalue weighted by atomic mass is 79.9. The van der Waals surface area contributed by atoms with Crippen molar-refractivity contribution in [1.82, 2.24) is 4.72 Å². The van der Waals surface area contributed by atoms with E-state index in [0.717, 1.165) is 36.7 Å². The number of aliphatic hydroxyl groups is 1. The van der Waals surface area contributed by atoms with E-state index in [1.807, 2.05) is 17.9 Å². The maximum absolute atomic E-state index is 12.6.